The number of carbonyl (C=O) groups is 2. The summed E-state index contributed by atoms with van der Waals surface area (Å²) in [6.07, 6.45) is 0.928. The molecule has 176 valence electrons. The van der Waals surface area contributed by atoms with E-state index in [4.69, 9.17) is 0 Å². The number of anilines is 1. The summed E-state index contributed by atoms with van der Waals surface area (Å²) in [5.74, 6) is 0.232. The third-order valence-electron chi connectivity index (χ3n) is 6.93. The van der Waals surface area contributed by atoms with Crippen molar-refractivity contribution in [1.82, 2.24) is 14.7 Å². The van der Waals surface area contributed by atoms with Crippen LogP contribution in [0.2, 0.25) is 0 Å². The fourth-order valence-corrected chi connectivity index (χ4v) is 4.81. The minimum absolute atomic E-state index is 0.0807. The number of fused-ring (bicyclic) bond motifs is 1. The molecule has 0 N–H and O–H groups in total. The van der Waals surface area contributed by atoms with Gasteiger partial charge in [0.25, 0.3) is 5.91 Å². The van der Waals surface area contributed by atoms with Crippen LogP contribution in [0.15, 0.2) is 48.5 Å². The molecule has 1 fully saturated rings. The van der Waals surface area contributed by atoms with Crippen LogP contribution in [0.25, 0.3) is 0 Å². The van der Waals surface area contributed by atoms with Gasteiger partial charge in [-0.15, -0.1) is 0 Å². The second kappa shape index (κ2) is 10.5. The molecule has 6 nitrogen and oxygen atoms in total. The third kappa shape index (κ3) is 5.45. The summed E-state index contributed by atoms with van der Waals surface area (Å²) in [6, 6.07) is 16.7. The number of benzene rings is 2. The van der Waals surface area contributed by atoms with Crippen LogP contribution in [0.5, 0.6) is 0 Å². The quantitative estimate of drug-likeness (QED) is 0.652. The number of rotatable bonds is 7. The van der Waals surface area contributed by atoms with Gasteiger partial charge in [-0.3, -0.25) is 19.4 Å². The Morgan fingerprint density at radius 1 is 0.939 bits per heavy atom. The van der Waals surface area contributed by atoms with Crippen molar-refractivity contribution in [2.24, 2.45) is 0 Å². The average molecular weight is 449 g/mol. The SMILES string of the molecule is CCN(Cc1ccc(C(=O)N2CCN(CC(=O)N3CCc4ccccc43)CC2)cc1)C(C)C. The van der Waals surface area contributed by atoms with Crippen LogP contribution < -0.4 is 4.90 Å². The molecule has 0 saturated carbocycles. The molecule has 2 aliphatic heterocycles. The molecule has 0 unspecified atom stereocenters. The summed E-state index contributed by atoms with van der Waals surface area (Å²) >= 11 is 0. The Morgan fingerprint density at radius 2 is 1.64 bits per heavy atom. The van der Waals surface area contributed by atoms with Gasteiger partial charge in [-0.25, -0.2) is 0 Å². The second-order valence-corrected chi connectivity index (χ2v) is 9.35. The Kier molecular flexibility index (Phi) is 7.46. The number of piperazine rings is 1. The zero-order valence-corrected chi connectivity index (χ0v) is 20.2. The van der Waals surface area contributed by atoms with Gasteiger partial charge in [-0.1, -0.05) is 37.3 Å². The molecule has 1 saturated heterocycles. The number of carbonyl (C=O) groups excluding carboxylic acids is 2. The highest BCUT2D eigenvalue weighted by atomic mass is 16.2. The molecule has 2 aromatic rings. The fourth-order valence-electron chi connectivity index (χ4n) is 4.81. The molecule has 2 heterocycles. The minimum atomic E-state index is 0.0807. The van der Waals surface area contributed by atoms with Crippen molar-refractivity contribution in [3.05, 3.63) is 65.2 Å². The monoisotopic (exact) mass is 448 g/mol. The van der Waals surface area contributed by atoms with Crippen LogP contribution in [0, 0.1) is 0 Å². The number of hydrogen-bond acceptors (Lipinski definition) is 4. The molecule has 2 aromatic carbocycles. The van der Waals surface area contributed by atoms with Gasteiger partial charge < -0.3 is 9.80 Å². The Morgan fingerprint density at radius 3 is 2.30 bits per heavy atom. The van der Waals surface area contributed by atoms with Gasteiger partial charge in [0, 0.05) is 56.6 Å². The standard InChI is InChI=1S/C27H36N4O2/c1-4-29(21(2)3)19-22-9-11-24(12-10-22)27(33)30-17-15-28(16-18-30)20-26(32)31-14-13-23-7-5-6-8-25(23)31/h5-12,21H,4,13-20H2,1-3H3. The predicted octanol–water partition coefficient (Wildman–Crippen LogP) is 3.26. The van der Waals surface area contributed by atoms with E-state index in [0.717, 1.165) is 50.4 Å². The molecule has 0 radical (unpaired) electrons. The zero-order valence-electron chi connectivity index (χ0n) is 20.2. The molecular weight excluding hydrogens is 412 g/mol. The second-order valence-electron chi connectivity index (χ2n) is 9.35. The molecule has 6 heteroatoms. The van der Waals surface area contributed by atoms with Crippen LogP contribution in [-0.4, -0.2) is 78.4 Å². The molecule has 2 aliphatic rings. The lowest BCUT2D eigenvalue weighted by atomic mass is 10.1. The van der Waals surface area contributed by atoms with Gasteiger partial charge in [-0.2, -0.15) is 0 Å². The Bertz CT molecular complexity index is 964. The van der Waals surface area contributed by atoms with Gasteiger partial charge in [0.05, 0.1) is 6.54 Å². The zero-order chi connectivity index (χ0) is 23.4. The van der Waals surface area contributed by atoms with Gasteiger partial charge in [0.2, 0.25) is 5.91 Å². The molecule has 4 rings (SSSR count). The minimum Gasteiger partial charge on any atom is -0.336 e. The van der Waals surface area contributed by atoms with E-state index >= 15 is 0 Å². The molecule has 0 bridgehead atoms. The number of para-hydroxylation sites is 1. The first-order valence-corrected chi connectivity index (χ1v) is 12.2. The molecule has 0 aliphatic carbocycles. The van der Waals surface area contributed by atoms with E-state index in [1.54, 1.807) is 0 Å². The maximum absolute atomic E-state index is 13.0. The molecule has 33 heavy (non-hydrogen) atoms. The first kappa shape index (κ1) is 23.5. The summed E-state index contributed by atoms with van der Waals surface area (Å²) < 4.78 is 0. The first-order chi connectivity index (χ1) is 16.0. The van der Waals surface area contributed by atoms with E-state index in [-0.39, 0.29) is 11.8 Å². The molecular formula is C27H36N4O2. The topological polar surface area (TPSA) is 47.1 Å². The number of amides is 2. The van der Waals surface area contributed by atoms with E-state index in [9.17, 15) is 9.59 Å². The predicted molar refractivity (Wildman–Crippen MR) is 133 cm³/mol. The number of hydrogen-bond donors (Lipinski definition) is 0. The Balaban J connectivity index is 1.27. The highest BCUT2D eigenvalue weighted by Gasteiger charge is 2.28. The highest BCUT2D eigenvalue weighted by Crippen LogP contribution is 2.27. The largest absolute Gasteiger partial charge is 0.336 e. The maximum Gasteiger partial charge on any atom is 0.253 e. The van der Waals surface area contributed by atoms with Gasteiger partial charge in [0.1, 0.15) is 0 Å². The fraction of sp³-hybridized carbons (Fsp3) is 0.481. The van der Waals surface area contributed by atoms with E-state index in [1.807, 2.05) is 40.1 Å². The van der Waals surface area contributed by atoms with Crippen molar-refractivity contribution in [3.63, 3.8) is 0 Å². The highest BCUT2D eigenvalue weighted by molar-refractivity contribution is 5.97. The lowest BCUT2D eigenvalue weighted by molar-refractivity contribution is -0.120. The molecule has 0 spiro atoms. The average Bonchev–Trinajstić information content (AvgIpc) is 3.27. The lowest BCUT2D eigenvalue weighted by Crippen LogP contribution is -2.51. The summed E-state index contributed by atoms with van der Waals surface area (Å²) in [4.78, 5) is 34.3. The van der Waals surface area contributed by atoms with Crippen molar-refractivity contribution in [2.75, 3.05) is 50.7 Å². The summed E-state index contributed by atoms with van der Waals surface area (Å²) in [5.41, 5.74) is 4.27. The molecule has 2 amide bonds. The third-order valence-corrected chi connectivity index (χ3v) is 6.93. The van der Waals surface area contributed by atoms with E-state index in [0.29, 0.717) is 25.7 Å². The van der Waals surface area contributed by atoms with Crippen LogP contribution in [0.4, 0.5) is 5.69 Å². The van der Waals surface area contributed by atoms with Gasteiger partial charge >= 0.3 is 0 Å². The smallest absolute Gasteiger partial charge is 0.253 e. The first-order valence-electron chi connectivity index (χ1n) is 12.2. The van der Waals surface area contributed by atoms with Crippen molar-refractivity contribution >= 4 is 17.5 Å². The van der Waals surface area contributed by atoms with Crippen molar-refractivity contribution in [1.29, 1.82) is 0 Å². The van der Waals surface area contributed by atoms with Crippen LogP contribution in [0.3, 0.4) is 0 Å². The Labute approximate surface area is 197 Å². The van der Waals surface area contributed by atoms with Crippen LogP contribution >= 0.6 is 0 Å². The molecule has 0 atom stereocenters. The van der Waals surface area contributed by atoms with Crippen molar-refractivity contribution in [2.45, 2.75) is 39.8 Å². The lowest BCUT2D eigenvalue weighted by Gasteiger charge is -2.35. The Hall–Kier alpha value is -2.70. The van der Waals surface area contributed by atoms with E-state index in [2.05, 4.69) is 48.8 Å². The van der Waals surface area contributed by atoms with Crippen LogP contribution in [0.1, 0.15) is 42.3 Å². The van der Waals surface area contributed by atoms with Gasteiger partial charge in [0.15, 0.2) is 0 Å². The molecule has 0 aromatic heterocycles. The summed E-state index contributed by atoms with van der Waals surface area (Å²) in [7, 11) is 0. The van der Waals surface area contributed by atoms with Gasteiger partial charge in [-0.05, 0) is 56.1 Å². The number of nitrogens with zero attached hydrogens (tertiary/aromatic N) is 4. The van der Waals surface area contributed by atoms with Crippen LogP contribution in [-0.2, 0) is 17.8 Å². The van der Waals surface area contributed by atoms with Crippen molar-refractivity contribution < 1.29 is 9.59 Å². The van der Waals surface area contributed by atoms with Crippen molar-refractivity contribution in [3.8, 4) is 0 Å². The van der Waals surface area contributed by atoms with E-state index < -0.39 is 0 Å². The summed E-state index contributed by atoms with van der Waals surface area (Å²) in [6.45, 7) is 12.4. The summed E-state index contributed by atoms with van der Waals surface area (Å²) in [5, 5.41) is 0. The maximum atomic E-state index is 13.0. The normalized spacial score (nSPS) is 16.5. The van der Waals surface area contributed by atoms with E-state index in [1.165, 1.54) is 11.1 Å².